The Kier molecular flexibility index (Phi) is 4.68. The van der Waals surface area contributed by atoms with Crippen LogP contribution in [0.3, 0.4) is 0 Å². The monoisotopic (exact) mass is 273 g/mol. The molecular formula is C7H15NO6S2. The van der Waals surface area contributed by atoms with Crippen LogP contribution in [-0.4, -0.2) is 52.1 Å². The Hall–Kier alpha value is -0.220. The molecular weight excluding hydrogens is 258 g/mol. The number of nitrogens with one attached hydrogen (secondary N) is 1. The first-order valence-electron chi connectivity index (χ1n) is 4.85. The van der Waals surface area contributed by atoms with Gasteiger partial charge in [-0.1, -0.05) is 0 Å². The van der Waals surface area contributed by atoms with Crippen molar-refractivity contribution in [3.8, 4) is 0 Å². The van der Waals surface area contributed by atoms with E-state index in [0.717, 1.165) is 0 Å². The van der Waals surface area contributed by atoms with Gasteiger partial charge >= 0.3 is 10.4 Å². The van der Waals surface area contributed by atoms with Crippen molar-refractivity contribution in [1.82, 2.24) is 5.32 Å². The van der Waals surface area contributed by atoms with Gasteiger partial charge in [-0.05, 0) is 25.9 Å². The molecule has 0 aromatic heterocycles. The van der Waals surface area contributed by atoms with Crippen LogP contribution in [0.1, 0.15) is 12.8 Å². The Labute approximate surface area is 95.0 Å². The summed E-state index contributed by atoms with van der Waals surface area (Å²) in [6.45, 7) is 0.747. The van der Waals surface area contributed by atoms with Gasteiger partial charge in [-0.3, -0.25) is 4.55 Å². The average molecular weight is 273 g/mol. The molecule has 1 aliphatic heterocycles. The fraction of sp³-hybridized carbons (Fsp3) is 1.00. The molecule has 0 aromatic rings. The van der Waals surface area contributed by atoms with Crippen LogP contribution >= 0.6 is 0 Å². The summed E-state index contributed by atoms with van der Waals surface area (Å²) < 4.78 is 56.1. The van der Waals surface area contributed by atoms with Crippen molar-refractivity contribution in [3.05, 3.63) is 0 Å². The highest BCUT2D eigenvalue weighted by molar-refractivity contribution is 7.92. The highest BCUT2D eigenvalue weighted by Gasteiger charge is 2.27. The third-order valence-electron chi connectivity index (χ3n) is 2.39. The molecule has 0 spiro atoms. The molecule has 0 aromatic carbocycles. The summed E-state index contributed by atoms with van der Waals surface area (Å²) in [6, 6.07) is 0. The molecule has 0 bridgehead atoms. The maximum Gasteiger partial charge on any atom is 0.397 e. The van der Waals surface area contributed by atoms with E-state index >= 15 is 0 Å². The lowest BCUT2D eigenvalue weighted by molar-refractivity contribution is 0.283. The van der Waals surface area contributed by atoms with E-state index in [2.05, 4.69) is 9.50 Å². The molecule has 0 saturated carbocycles. The molecule has 7 nitrogen and oxygen atoms in total. The van der Waals surface area contributed by atoms with E-state index in [4.69, 9.17) is 4.55 Å². The Morgan fingerprint density at radius 3 is 2.25 bits per heavy atom. The van der Waals surface area contributed by atoms with Crippen molar-refractivity contribution in [3.63, 3.8) is 0 Å². The van der Waals surface area contributed by atoms with Crippen LogP contribution in [0.4, 0.5) is 0 Å². The van der Waals surface area contributed by atoms with Crippen LogP contribution in [0, 0.1) is 0 Å². The van der Waals surface area contributed by atoms with Gasteiger partial charge in [0, 0.05) is 0 Å². The zero-order valence-corrected chi connectivity index (χ0v) is 10.3. The van der Waals surface area contributed by atoms with Crippen molar-refractivity contribution in [2.24, 2.45) is 0 Å². The van der Waals surface area contributed by atoms with Gasteiger partial charge in [-0.2, -0.15) is 8.42 Å². The van der Waals surface area contributed by atoms with Gasteiger partial charge in [-0.25, -0.2) is 12.6 Å². The molecule has 0 aliphatic carbocycles. The van der Waals surface area contributed by atoms with Crippen LogP contribution < -0.4 is 5.32 Å². The molecule has 96 valence electrons. The molecule has 0 radical (unpaired) electrons. The normalized spacial score (nSPS) is 19.8. The Balaban J connectivity index is 2.45. The van der Waals surface area contributed by atoms with Gasteiger partial charge in [0.05, 0.1) is 17.6 Å². The lowest BCUT2D eigenvalue weighted by Gasteiger charge is -2.22. The van der Waals surface area contributed by atoms with Crippen LogP contribution in [-0.2, 0) is 24.4 Å². The van der Waals surface area contributed by atoms with Gasteiger partial charge < -0.3 is 5.32 Å². The van der Waals surface area contributed by atoms with Crippen molar-refractivity contribution < 1.29 is 25.6 Å². The number of piperidine rings is 1. The highest BCUT2D eigenvalue weighted by Crippen LogP contribution is 2.14. The minimum Gasteiger partial charge on any atom is -0.317 e. The molecule has 0 atom stereocenters. The smallest absolute Gasteiger partial charge is 0.317 e. The van der Waals surface area contributed by atoms with Crippen LogP contribution in [0.5, 0.6) is 0 Å². The Morgan fingerprint density at radius 1 is 1.19 bits per heavy atom. The summed E-state index contributed by atoms with van der Waals surface area (Å²) in [7, 11) is -7.90. The van der Waals surface area contributed by atoms with Gasteiger partial charge in [-0.15, -0.1) is 0 Å². The summed E-state index contributed by atoms with van der Waals surface area (Å²) in [5.41, 5.74) is 0. The van der Waals surface area contributed by atoms with E-state index < -0.39 is 37.8 Å². The lowest BCUT2D eigenvalue weighted by Crippen LogP contribution is -2.37. The van der Waals surface area contributed by atoms with Gasteiger partial charge in [0.25, 0.3) is 0 Å². The van der Waals surface area contributed by atoms with Crippen molar-refractivity contribution in [1.29, 1.82) is 0 Å². The van der Waals surface area contributed by atoms with Crippen molar-refractivity contribution in [2.45, 2.75) is 18.1 Å². The van der Waals surface area contributed by atoms with Crippen LogP contribution in [0.15, 0.2) is 0 Å². The second kappa shape index (κ2) is 5.41. The molecule has 0 unspecified atom stereocenters. The Bertz CT molecular complexity index is 408. The van der Waals surface area contributed by atoms with E-state index in [-0.39, 0.29) is 0 Å². The fourth-order valence-electron chi connectivity index (χ4n) is 1.58. The summed E-state index contributed by atoms with van der Waals surface area (Å²) in [4.78, 5) is 0. The SMILES string of the molecule is O=S(=O)(O)OCCS(=O)(=O)C1CCNCC1. The summed E-state index contributed by atoms with van der Waals surface area (Å²) >= 11 is 0. The molecule has 0 amide bonds. The minimum atomic E-state index is -4.55. The first kappa shape index (κ1) is 13.8. The third kappa shape index (κ3) is 4.74. The van der Waals surface area contributed by atoms with E-state index in [9.17, 15) is 16.8 Å². The molecule has 1 rings (SSSR count). The van der Waals surface area contributed by atoms with Crippen LogP contribution in [0.25, 0.3) is 0 Å². The zero-order valence-electron chi connectivity index (χ0n) is 8.62. The third-order valence-corrected chi connectivity index (χ3v) is 5.08. The molecule has 9 heteroatoms. The molecule has 1 heterocycles. The second-order valence-corrected chi connectivity index (χ2v) is 7.06. The molecule has 1 aliphatic rings. The maximum atomic E-state index is 11.7. The van der Waals surface area contributed by atoms with E-state index in [1.807, 2.05) is 0 Å². The molecule has 1 fully saturated rings. The zero-order chi connectivity index (χ0) is 12.2. The number of sulfone groups is 1. The number of rotatable bonds is 5. The average Bonchev–Trinajstić information content (AvgIpc) is 2.17. The second-order valence-electron chi connectivity index (χ2n) is 3.57. The number of hydrogen-bond acceptors (Lipinski definition) is 6. The lowest BCUT2D eigenvalue weighted by atomic mass is 10.2. The van der Waals surface area contributed by atoms with Gasteiger partial charge in [0.2, 0.25) is 0 Å². The first-order chi connectivity index (χ1) is 7.31. The minimum absolute atomic E-state index is 0.391. The highest BCUT2D eigenvalue weighted by atomic mass is 32.3. The maximum absolute atomic E-state index is 11.7. The summed E-state index contributed by atoms with van der Waals surface area (Å²) in [5, 5.41) is 2.59. The largest absolute Gasteiger partial charge is 0.397 e. The van der Waals surface area contributed by atoms with Gasteiger partial charge in [0.1, 0.15) is 0 Å². The van der Waals surface area contributed by atoms with E-state index in [1.165, 1.54) is 0 Å². The van der Waals surface area contributed by atoms with Crippen molar-refractivity contribution >= 4 is 20.2 Å². The van der Waals surface area contributed by atoms with Crippen molar-refractivity contribution in [2.75, 3.05) is 25.4 Å². The summed E-state index contributed by atoms with van der Waals surface area (Å²) in [6.07, 6.45) is 1.04. The Morgan fingerprint density at radius 2 is 1.75 bits per heavy atom. The predicted octanol–water partition coefficient (Wildman–Crippen LogP) is -1.03. The molecule has 1 saturated heterocycles. The van der Waals surface area contributed by atoms with E-state index in [0.29, 0.717) is 25.9 Å². The molecule has 2 N–H and O–H groups in total. The van der Waals surface area contributed by atoms with Gasteiger partial charge in [0.15, 0.2) is 9.84 Å². The number of hydrogen-bond donors (Lipinski definition) is 2. The topological polar surface area (TPSA) is 110 Å². The fourth-order valence-corrected chi connectivity index (χ4v) is 3.58. The standard InChI is InChI=1S/C7H15NO6S2/c9-15(10,6-5-14-16(11,12)13)7-1-3-8-4-2-7/h7-8H,1-6H2,(H,11,12,13). The molecule has 16 heavy (non-hydrogen) atoms. The first-order valence-corrected chi connectivity index (χ1v) is 7.93. The van der Waals surface area contributed by atoms with Crippen LogP contribution in [0.2, 0.25) is 0 Å². The quantitative estimate of drug-likeness (QED) is 0.616. The van der Waals surface area contributed by atoms with E-state index in [1.54, 1.807) is 0 Å². The predicted molar refractivity (Wildman–Crippen MR) is 57.2 cm³/mol. The summed E-state index contributed by atoms with van der Waals surface area (Å²) in [5.74, 6) is -0.391.